The van der Waals surface area contributed by atoms with Gasteiger partial charge in [0.15, 0.2) is 5.82 Å². The number of halogens is 2. The Bertz CT molecular complexity index is 1130. The van der Waals surface area contributed by atoms with E-state index in [1.807, 2.05) is 12.1 Å². The minimum absolute atomic E-state index is 0.0589. The van der Waals surface area contributed by atoms with Gasteiger partial charge in [0, 0.05) is 36.1 Å². The van der Waals surface area contributed by atoms with Gasteiger partial charge in [-0.3, -0.25) is 9.69 Å². The van der Waals surface area contributed by atoms with Crippen molar-refractivity contribution >= 4 is 40.4 Å². The lowest BCUT2D eigenvalue weighted by atomic mass is 10.0. The fourth-order valence-corrected chi connectivity index (χ4v) is 4.41. The number of nitrogens with one attached hydrogen (secondary N) is 2. The van der Waals surface area contributed by atoms with Crippen LogP contribution in [0.4, 0.5) is 15.9 Å². The molecule has 4 N–H and O–H groups in total. The maximum Gasteiger partial charge on any atom is 0.204 e. The van der Waals surface area contributed by atoms with Crippen LogP contribution in [-0.4, -0.2) is 54.1 Å². The third-order valence-electron chi connectivity index (χ3n) is 5.97. The van der Waals surface area contributed by atoms with Crippen LogP contribution in [0.1, 0.15) is 19.4 Å². The summed E-state index contributed by atoms with van der Waals surface area (Å²) in [5.74, 6) is 1.37. The fourth-order valence-electron chi connectivity index (χ4n) is 4.24. The highest BCUT2D eigenvalue weighted by atomic mass is 35.5. The number of aromatic nitrogens is 2. The SMILES string of the molecule is CCN(Cc1cc2c(Nc3cccc(Cl)c3F)ncnc2cc1OC)C1CNCC1C.NC=O. The molecule has 0 spiro atoms. The van der Waals surface area contributed by atoms with Crippen LogP contribution in [0.2, 0.25) is 5.02 Å². The van der Waals surface area contributed by atoms with Crippen LogP contribution in [-0.2, 0) is 11.3 Å². The molecule has 1 amide bonds. The summed E-state index contributed by atoms with van der Waals surface area (Å²) < 4.78 is 20.1. The molecule has 34 heavy (non-hydrogen) atoms. The molecule has 1 aliphatic rings. The number of amides is 1. The highest BCUT2D eigenvalue weighted by molar-refractivity contribution is 6.31. The summed E-state index contributed by atoms with van der Waals surface area (Å²) in [6, 6.07) is 9.26. The van der Waals surface area contributed by atoms with Gasteiger partial charge in [-0.2, -0.15) is 0 Å². The summed E-state index contributed by atoms with van der Waals surface area (Å²) in [5.41, 5.74) is 6.20. The lowest BCUT2D eigenvalue weighted by Crippen LogP contribution is -2.39. The van der Waals surface area contributed by atoms with E-state index in [-0.39, 0.29) is 17.1 Å². The standard InChI is InChI=1S/C23H27ClFN5O.CH3NO/c1-4-30(20-11-26-10-14(20)2)12-15-8-16-19(9-21(15)31-3)27-13-28-23(16)29-18-7-5-6-17(24)22(18)25;2-1-3/h5-9,13-14,20,26H,4,10-12H2,1-3H3,(H,27,28,29);1H,(H2,2,3). The first-order valence-electron chi connectivity index (χ1n) is 11.1. The van der Waals surface area contributed by atoms with Gasteiger partial charge in [0.1, 0.15) is 17.9 Å². The normalized spacial score (nSPS) is 17.4. The number of benzene rings is 2. The minimum atomic E-state index is -0.510. The van der Waals surface area contributed by atoms with Crippen LogP contribution in [0, 0.1) is 11.7 Å². The number of carbonyl (C=O) groups excluding carboxylic acids is 1. The Morgan fingerprint density at radius 2 is 2.12 bits per heavy atom. The Hall–Kier alpha value is -3.01. The smallest absolute Gasteiger partial charge is 0.204 e. The molecule has 2 heterocycles. The van der Waals surface area contributed by atoms with Gasteiger partial charge in [0.05, 0.1) is 23.3 Å². The Morgan fingerprint density at radius 1 is 1.35 bits per heavy atom. The summed E-state index contributed by atoms with van der Waals surface area (Å²) in [4.78, 5) is 19.8. The van der Waals surface area contributed by atoms with Crippen molar-refractivity contribution < 1.29 is 13.9 Å². The second kappa shape index (κ2) is 11.9. The molecule has 2 unspecified atom stereocenters. The number of nitrogens with two attached hydrogens (primary N) is 1. The molecule has 10 heteroatoms. The number of ether oxygens (including phenoxy) is 1. The molecule has 0 bridgehead atoms. The van der Waals surface area contributed by atoms with E-state index in [0.29, 0.717) is 17.8 Å². The van der Waals surface area contributed by atoms with Gasteiger partial charge < -0.3 is 21.1 Å². The predicted octanol–water partition coefficient (Wildman–Crippen LogP) is 3.71. The molecule has 2 aromatic carbocycles. The summed E-state index contributed by atoms with van der Waals surface area (Å²) >= 11 is 5.94. The average molecular weight is 489 g/mol. The van der Waals surface area contributed by atoms with Gasteiger partial charge in [-0.1, -0.05) is 31.5 Å². The van der Waals surface area contributed by atoms with Gasteiger partial charge in [0.25, 0.3) is 0 Å². The third kappa shape index (κ3) is 5.72. The van der Waals surface area contributed by atoms with Crippen molar-refractivity contribution in [2.24, 2.45) is 11.7 Å². The van der Waals surface area contributed by atoms with Crippen molar-refractivity contribution in [1.29, 1.82) is 0 Å². The number of hydrogen-bond acceptors (Lipinski definition) is 7. The van der Waals surface area contributed by atoms with Crippen LogP contribution in [0.15, 0.2) is 36.7 Å². The maximum absolute atomic E-state index is 14.4. The molecular weight excluding hydrogens is 459 g/mol. The highest BCUT2D eigenvalue weighted by Gasteiger charge is 2.28. The first-order chi connectivity index (χ1) is 16.4. The number of fused-ring (bicyclic) bond motifs is 1. The number of methoxy groups -OCH3 is 1. The van der Waals surface area contributed by atoms with Crippen molar-refractivity contribution in [3.8, 4) is 5.75 Å². The first-order valence-corrected chi connectivity index (χ1v) is 11.4. The lowest BCUT2D eigenvalue weighted by molar-refractivity contribution is -0.106. The van der Waals surface area contributed by atoms with Gasteiger partial charge in [-0.15, -0.1) is 0 Å². The Balaban J connectivity index is 0.00000103. The van der Waals surface area contributed by atoms with E-state index in [2.05, 4.69) is 45.1 Å². The summed E-state index contributed by atoms with van der Waals surface area (Å²) in [6.07, 6.45) is 1.70. The molecule has 1 saturated heterocycles. The van der Waals surface area contributed by atoms with E-state index in [9.17, 15) is 4.39 Å². The van der Waals surface area contributed by atoms with E-state index in [1.54, 1.807) is 19.2 Å². The Kier molecular flexibility index (Phi) is 8.98. The van der Waals surface area contributed by atoms with Crippen LogP contribution >= 0.6 is 11.6 Å². The Morgan fingerprint density at radius 3 is 2.76 bits per heavy atom. The topological polar surface area (TPSA) is 105 Å². The second-order valence-corrected chi connectivity index (χ2v) is 8.44. The number of primary amides is 1. The van der Waals surface area contributed by atoms with Crippen LogP contribution in [0.3, 0.4) is 0 Å². The van der Waals surface area contributed by atoms with Crippen molar-refractivity contribution in [2.75, 3.05) is 32.1 Å². The van der Waals surface area contributed by atoms with E-state index < -0.39 is 5.82 Å². The van der Waals surface area contributed by atoms with Crippen LogP contribution in [0.25, 0.3) is 10.9 Å². The number of rotatable bonds is 7. The quantitative estimate of drug-likeness (QED) is 0.435. The fraction of sp³-hybridized carbons (Fsp3) is 0.375. The van der Waals surface area contributed by atoms with Crippen molar-refractivity contribution in [3.63, 3.8) is 0 Å². The van der Waals surface area contributed by atoms with Crippen molar-refractivity contribution in [1.82, 2.24) is 20.2 Å². The number of hydrogen-bond donors (Lipinski definition) is 3. The minimum Gasteiger partial charge on any atom is -0.496 e. The predicted molar refractivity (Wildman–Crippen MR) is 133 cm³/mol. The second-order valence-electron chi connectivity index (χ2n) is 8.03. The number of carbonyl (C=O) groups is 1. The van der Waals surface area contributed by atoms with Crippen molar-refractivity contribution in [3.05, 3.63) is 53.1 Å². The van der Waals surface area contributed by atoms with Crippen LogP contribution < -0.4 is 21.1 Å². The average Bonchev–Trinajstić information content (AvgIpc) is 3.26. The monoisotopic (exact) mass is 488 g/mol. The van der Waals surface area contributed by atoms with Crippen LogP contribution in [0.5, 0.6) is 5.75 Å². The van der Waals surface area contributed by atoms with Gasteiger partial charge in [-0.25, -0.2) is 14.4 Å². The molecule has 3 aromatic rings. The maximum atomic E-state index is 14.4. The van der Waals surface area contributed by atoms with E-state index >= 15 is 0 Å². The zero-order chi connectivity index (χ0) is 24.7. The largest absolute Gasteiger partial charge is 0.496 e. The molecular formula is C24H30ClFN6O2. The number of likely N-dealkylation sites (N-methyl/N-ethyl adjacent to an activating group) is 1. The molecule has 8 nitrogen and oxygen atoms in total. The van der Waals surface area contributed by atoms with E-state index in [1.165, 1.54) is 12.4 Å². The van der Waals surface area contributed by atoms with E-state index in [4.69, 9.17) is 21.1 Å². The molecule has 4 rings (SSSR count). The zero-order valence-corrected chi connectivity index (χ0v) is 20.3. The summed E-state index contributed by atoms with van der Waals surface area (Å²) in [7, 11) is 1.67. The van der Waals surface area contributed by atoms with Gasteiger partial charge in [-0.05, 0) is 37.2 Å². The number of anilines is 2. The highest BCUT2D eigenvalue weighted by Crippen LogP contribution is 2.32. The molecule has 0 radical (unpaired) electrons. The Labute approximate surface area is 203 Å². The first kappa shape index (κ1) is 25.6. The molecule has 1 fully saturated rings. The summed E-state index contributed by atoms with van der Waals surface area (Å²) in [6.45, 7) is 8.14. The molecule has 0 saturated carbocycles. The molecule has 1 aromatic heterocycles. The van der Waals surface area contributed by atoms with Gasteiger partial charge in [0.2, 0.25) is 6.41 Å². The van der Waals surface area contributed by atoms with Crippen molar-refractivity contribution in [2.45, 2.75) is 26.4 Å². The molecule has 1 aliphatic heterocycles. The molecule has 182 valence electrons. The summed E-state index contributed by atoms with van der Waals surface area (Å²) in [5, 5.41) is 7.41. The molecule has 0 aliphatic carbocycles. The van der Waals surface area contributed by atoms with Gasteiger partial charge >= 0.3 is 0 Å². The zero-order valence-electron chi connectivity index (χ0n) is 19.5. The number of nitrogens with zero attached hydrogens (tertiary/aromatic N) is 3. The molecule has 2 atom stereocenters. The lowest BCUT2D eigenvalue weighted by Gasteiger charge is -2.30. The third-order valence-corrected chi connectivity index (χ3v) is 6.26. The van der Waals surface area contributed by atoms with E-state index in [0.717, 1.165) is 48.4 Å².